The van der Waals surface area contributed by atoms with Crippen molar-refractivity contribution in [2.75, 3.05) is 13.1 Å². The first-order valence-corrected chi connectivity index (χ1v) is 8.40. The molecule has 1 saturated heterocycles. The Morgan fingerprint density at radius 2 is 1.92 bits per heavy atom. The highest BCUT2D eigenvalue weighted by Crippen LogP contribution is 2.28. The molecule has 0 bridgehead atoms. The average molecular weight is 337 g/mol. The number of amides is 1. The van der Waals surface area contributed by atoms with Gasteiger partial charge in [0.15, 0.2) is 5.65 Å². The minimum Gasteiger partial charge on any atom is -0.339 e. The van der Waals surface area contributed by atoms with Crippen molar-refractivity contribution in [1.29, 1.82) is 0 Å². The standard InChI is InChI=1S/C18H19N5O2/c1-12-10-17(24)23-16(20-12)11-15(21-23)13-4-8-22(9-5-13)18(25)14-2-6-19-7-3-14/h2-3,6-7,10-11,13,21H,4-5,8-9H2,1H3. The zero-order chi connectivity index (χ0) is 17.4. The highest BCUT2D eigenvalue weighted by molar-refractivity contribution is 5.94. The number of piperidine rings is 1. The van der Waals surface area contributed by atoms with Gasteiger partial charge in [-0.15, -0.1) is 0 Å². The summed E-state index contributed by atoms with van der Waals surface area (Å²) in [7, 11) is 0. The predicted molar refractivity (Wildman–Crippen MR) is 92.7 cm³/mol. The fraction of sp³-hybridized carbons (Fsp3) is 0.333. The molecule has 1 fully saturated rings. The van der Waals surface area contributed by atoms with Gasteiger partial charge in [0.25, 0.3) is 11.5 Å². The molecule has 3 aromatic rings. The molecule has 25 heavy (non-hydrogen) atoms. The summed E-state index contributed by atoms with van der Waals surface area (Å²) in [5.74, 6) is 0.342. The number of aryl methyl sites for hydroxylation is 1. The number of fused-ring (bicyclic) bond motifs is 1. The molecule has 4 heterocycles. The number of carbonyl (C=O) groups is 1. The van der Waals surface area contributed by atoms with Crippen molar-refractivity contribution >= 4 is 11.6 Å². The summed E-state index contributed by atoms with van der Waals surface area (Å²) in [6, 6.07) is 6.95. The second-order valence-corrected chi connectivity index (χ2v) is 6.44. The molecule has 0 radical (unpaired) electrons. The van der Waals surface area contributed by atoms with E-state index in [2.05, 4.69) is 15.1 Å². The zero-order valence-corrected chi connectivity index (χ0v) is 14.0. The van der Waals surface area contributed by atoms with Gasteiger partial charge in [-0.1, -0.05) is 0 Å². The van der Waals surface area contributed by atoms with E-state index < -0.39 is 0 Å². The third-order valence-electron chi connectivity index (χ3n) is 4.75. The lowest BCUT2D eigenvalue weighted by Gasteiger charge is -2.31. The normalized spacial score (nSPS) is 15.6. The van der Waals surface area contributed by atoms with Gasteiger partial charge in [-0.25, -0.2) is 9.50 Å². The van der Waals surface area contributed by atoms with Crippen molar-refractivity contribution in [1.82, 2.24) is 24.5 Å². The lowest BCUT2D eigenvalue weighted by atomic mass is 9.93. The molecule has 1 N–H and O–H groups in total. The monoisotopic (exact) mass is 337 g/mol. The summed E-state index contributed by atoms with van der Waals surface area (Å²) in [6.45, 7) is 3.21. The smallest absolute Gasteiger partial charge is 0.272 e. The Morgan fingerprint density at radius 1 is 1.20 bits per heavy atom. The number of hydrogen-bond donors (Lipinski definition) is 1. The molecule has 0 unspecified atom stereocenters. The molecule has 7 heteroatoms. The summed E-state index contributed by atoms with van der Waals surface area (Å²) in [5, 5.41) is 3.17. The number of hydrogen-bond acceptors (Lipinski definition) is 4. The van der Waals surface area contributed by atoms with E-state index in [0.717, 1.165) is 18.5 Å². The fourth-order valence-electron chi connectivity index (χ4n) is 3.41. The summed E-state index contributed by atoms with van der Waals surface area (Å²) in [6.07, 6.45) is 4.99. The van der Waals surface area contributed by atoms with Gasteiger partial charge in [-0.2, -0.15) is 0 Å². The quantitative estimate of drug-likeness (QED) is 0.772. The Hall–Kier alpha value is -2.96. The first kappa shape index (κ1) is 15.6. The van der Waals surface area contributed by atoms with Crippen LogP contribution in [0.3, 0.4) is 0 Å². The van der Waals surface area contributed by atoms with Gasteiger partial charge in [0, 0.05) is 60.5 Å². The van der Waals surface area contributed by atoms with Crippen LogP contribution in [0.2, 0.25) is 0 Å². The van der Waals surface area contributed by atoms with Crippen molar-refractivity contribution < 1.29 is 4.79 Å². The molecule has 1 aliphatic rings. The maximum atomic E-state index is 12.5. The van der Waals surface area contributed by atoms with Gasteiger partial charge in [0.2, 0.25) is 0 Å². The van der Waals surface area contributed by atoms with Crippen molar-refractivity contribution in [3.05, 3.63) is 64.0 Å². The number of aromatic nitrogens is 4. The van der Waals surface area contributed by atoms with Gasteiger partial charge >= 0.3 is 0 Å². The van der Waals surface area contributed by atoms with Gasteiger partial charge in [-0.05, 0) is 31.9 Å². The van der Waals surface area contributed by atoms with E-state index in [1.165, 1.54) is 10.6 Å². The topological polar surface area (TPSA) is 83.4 Å². The molecular weight excluding hydrogens is 318 g/mol. The average Bonchev–Trinajstić information content (AvgIpc) is 3.06. The van der Waals surface area contributed by atoms with Crippen LogP contribution in [-0.4, -0.2) is 43.5 Å². The number of nitrogens with one attached hydrogen (secondary N) is 1. The Labute approximate surface area is 144 Å². The summed E-state index contributed by atoms with van der Waals surface area (Å²) in [5.41, 5.74) is 2.94. The number of likely N-dealkylation sites (tertiary alicyclic amines) is 1. The predicted octanol–water partition coefficient (Wildman–Crippen LogP) is 1.75. The molecule has 0 atom stereocenters. The SMILES string of the molecule is Cc1cc(=O)n2[nH]c(C3CCN(C(=O)c4ccncc4)CC3)cc2n1. The molecule has 1 aliphatic heterocycles. The second kappa shape index (κ2) is 6.16. The third-order valence-corrected chi connectivity index (χ3v) is 4.75. The van der Waals surface area contributed by atoms with Crippen LogP contribution in [0.1, 0.15) is 40.5 Å². The van der Waals surface area contributed by atoms with Gasteiger partial charge in [0.05, 0.1) is 0 Å². The van der Waals surface area contributed by atoms with Crippen LogP contribution in [0, 0.1) is 6.92 Å². The van der Waals surface area contributed by atoms with Gasteiger partial charge < -0.3 is 4.90 Å². The maximum Gasteiger partial charge on any atom is 0.272 e. The molecule has 128 valence electrons. The number of rotatable bonds is 2. The number of nitrogens with zero attached hydrogens (tertiary/aromatic N) is 4. The zero-order valence-electron chi connectivity index (χ0n) is 14.0. The van der Waals surface area contributed by atoms with E-state index in [4.69, 9.17) is 0 Å². The van der Waals surface area contributed by atoms with Crippen molar-refractivity contribution in [2.24, 2.45) is 0 Å². The number of aromatic amines is 1. The summed E-state index contributed by atoms with van der Waals surface area (Å²) >= 11 is 0. The molecule has 4 rings (SSSR count). The van der Waals surface area contributed by atoms with Gasteiger partial charge in [-0.3, -0.25) is 19.7 Å². The molecule has 0 saturated carbocycles. The highest BCUT2D eigenvalue weighted by Gasteiger charge is 2.25. The molecule has 0 spiro atoms. The highest BCUT2D eigenvalue weighted by atomic mass is 16.2. The Balaban J connectivity index is 1.50. The van der Waals surface area contributed by atoms with Crippen LogP contribution in [0.5, 0.6) is 0 Å². The third kappa shape index (κ3) is 2.93. The van der Waals surface area contributed by atoms with E-state index in [1.54, 1.807) is 24.5 Å². The number of pyridine rings is 1. The van der Waals surface area contributed by atoms with Crippen molar-refractivity contribution in [3.63, 3.8) is 0 Å². The molecule has 1 amide bonds. The Bertz CT molecular complexity index is 968. The van der Waals surface area contributed by atoms with Crippen LogP contribution in [0.25, 0.3) is 5.65 Å². The minimum atomic E-state index is -0.0981. The fourth-order valence-corrected chi connectivity index (χ4v) is 3.41. The lowest BCUT2D eigenvalue weighted by molar-refractivity contribution is 0.0712. The maximum absolute atomic E-state index is 12.5. The molecule has 7 nitrogen and oxygen atoms in total. The van der Waals surface area contributed by atoms with Crippen LogP contribution in [-0.2, 0) is 0 Å². The first-order chi connectivity index (χ1) is 12.1. The Kier molecular flexibility index (Phi) is 3.83. The van der Waals surface area contributed by atoms with Crippen molar-refractivity contribution in [3.8, 4) is 0 Å². The largest absolute Gasteiger partial charge is 0.339 e. The molecule has 3 aromatic heterocycles. The second-order valence-electron chi connectivity index (χ2n) is 6.44. The van der Waals surface area contributed by atoms with E-state index in [0.29, 0.717) is 35.9 Å². The molecule has 0 aliphatic carbocycles. The van der Waals surface area contributed by atoms with E-state index >= 15 is 0 Å². The van der Waals surface area contributed by atoms with Crippen LogP contribution in [0.15, 0.2) is 41.5 Å². The van der Waals surface area contributed by atoms with E-state index in [1.807, 2.05) is 17.9 Å². The summed E-state index contributed by atoms with van der Waals surface area (Å²) < 4.78 is 1.48. The first-order valence-electron chi connectivity index (χ1n) is 8.40. The van der Waals surface area contributed by atoms with Crippen LogP contribution >= 0.6 is 0 Å². The minimum absolute atomic E-state index is 0.0472. The Morgan fingerprint density at radius 3 is 2.64 bits per heavy atom. The summed E-state index contributed by atoms with van der Waals surface area (Å²) in [4.78, 5) is 34.8. The van der Waals surface area contributed by atoms with Crippen LogP contribution in [0.4, 0.5) is 0 Å². The molecule has 0 aromatic carbocycles. The number of H-pyrrole nitrogens is 1. The number of carbonyl (C=O) groups excluding carboxylic acids is 1. The van der Waals surface area contributed by atoms with Crippen LogP contribution < -0.4 is 5.56 Å². The lowest BCUT2D eigenvalue weighted by Crippen LogP contribution is -2.38. The van der Waals surface area contributed by atoms with E-state index in [9.17, 15) is 9.59 Å². The van der Waals surface area contributed by atoms with Crippen molar-refractivity contribution in [2.45, 2.75) is 25.7 Å². The molecular formula is C18H19N5O2. The van der Waals surface area contributed by atoms with Gasteiger partial charge in [0.1, 0.15) is 0 Å². The van der Waals surface area contributed by atoms with E-state index in [-0.39, 0.29) is 11.5 Å².